The maximum Gasteiger partial charge on any atom is 0.325 e. The predicted octanol–water partition coefficient (Wildman–Crippen LogP) is -1.59. The Hall–Kier alpha value is -1.93. The van der Waals surface area contributed by atoms with Gasteiger partial charge in [-0.1, -0.05) is 0 Å². The van der Waals surface area contributed by atoms with Gasteiger partial charge in [-0.25, -0.2) is 4.79 Å². The Kier molecular flexibility index (Phi) is 4.82. The van der Waals surface area contributed by atoms with Crippen molar-refractivity contribution in [1.29, 1.82) is 0 Å². The van der Waals surface area contributed by atoms with Crippen LogP contribution in [0.4, 0.5) is 0 Å². The van der Waals surface area contributed by atoms with Gasteiger partial charge in [0.15, 0.2) is 0 Å². The largest absolute Gasteiger partial charge is 0.396 e. The van der Waals surface area contributed by atoms with Crippen molar-refractivity contribution in [2.75, 3.05) is 19.8 Å². The van der Waals surface area contributed by atoms with Gasteiger partial charge in [-0.15, -0.1) is 0 Å². The summed E-state index contributed by atoms with van der Waals surface area (Å²) in [6, 6.07) is 0. The number of hydrogen-bond acceptors (Lipinski definition) is 5. The highest BCUT2D eigenvalue weighted by Gasteiger charge is 2.45. The summed E-state index contributed by atoms with van der Waals surface area (Å²) in [6.07, 6.45) is 1.42. The van der Waals surface area contributed by atoms with Crippen LogP contribution in [0.1, 0.15) is 24.1 Å². The molecule has 5 N–H and O–H groups in total. The fourth-order valence-electron chi connectivity index (χ4n) is 2.87. The summed E-state index contributed by atoms with van der Waals surface area (Å²) in [7, 11) is 0. The van der Waals surface area contributed by atoms with Crippen LogP contribution in [0.15, 0.2) is 9.59 Å². The Morgan fingerprint density at radius 1 is 1.36 bits per heavy atom. The van der Waals surface area contributed by atoms with Crippen LogP contribution in [0.25, 0.3) is 0 Å². The van der Waals surface area contributed by atoms with E-state index in [1.165, 1.54) is 0 Å². The summed E-state index contributed by atoms with van der Waals surface area (Å²) in [4.78, 5) is 39.3. The Bertz CT molecular complexity index is 659. The summed E-state index contributed by atoms with van der Waals surface area (Å²) in [5, 5.41) is 21.5. The first-order valence-corrected chi connectivity index (χ1v) is 7.22. The highest BCUT2D eigenvalue weighted by Crippen LogP contribution is 2.45. The van der Waals surface area contributed by atoms with E-state index in [1.54, 1.807) is 6.92 Å². The highest BCUT2D eigenvalue weighted by molar-refractivity contribution is 5.78. The Morgan fingerprint density at radius 2 is 2.09 bits per heavy atom. The van der Waals surface area contributed by atoms with Crippen LogP contribution in [0.2, 0.25) is 0 Å². The van der Waals surface area contributed by atoms with E-state index in [-0.39, 0.29) is 43.6 Å². The second-order valence-electron chi connectivity index (χ2n) is 5.90. The van der Waals surface area contributed by atoms with Crippen LogP contribution < -0.4 is 16.6 Å². The van der Waals surface area contributed by atoms with Crippen LogP contribution in [0.3, 0.4) is 0 Å². The first-order chi connectivity index (χ1) is 10.4. The lowest BCUT2D eigenvalue weighted by atomic mass is 9.60. The monoisotopic (exact) mass is 311 g/mol. The van der Waals surface area contributed by atoms with Gasteiger partial charge in [-0.3, -0.25) is 14.6 Å². The average molecular weight is 311 g/mol. The summed E-state index contributed by atoms with van der Waals surface area (Å²) >= 11 is 0. The molecule has 22 heavy (non-hydrogen) atoms. The molecule has 0 radical (unpaired) electrons. The summed E-state index contributed by atoms with van der Waals surface area (Å²) in [6.45, 7) is 1.70. The second-order valence-corrected chi connectivity index (χ2v) is 5.90. The molecule has 1 aliphatic rings. The molecule has 8 heteroatoms. The molecule has 1 aromatic heterocycles. The van der Waals surface area contributed by atoms with Crippen LogP contribution >= 0.6 is 0 Å². The number of H-pyrrole nitrogens is 2. The van der Waals surface area contributed by atoms with E-state index in [4.69, 9.17) is 0 Å². The molecule has 0 aliphatic heterocycles. The molecule has 0 bridgehead atoms. The van der Waals surface area contributed by atoms with Crippen LogP contribution in [-0.4, -0.2) is 45.8 Å². The smallest absolute Gasteiger partial charge is 0.325 e. The molecule has 1 aromatic rings. The molecule has 2 atom stereocenters. The third-order valence-corrected chi connectivity index (χ3v) is 4.62. The van der Waals surface area contributed by atoms with Crippen molar-refractivity contribution >= 4 is 5.91 Å². The molecule has 0 spiro atoms. The number of aromatic nitrogens is 2. The van der Waals surface area contributed by atoms with Crippen molar-refractivity contribution in [2.24, 2.45) is 11.3 Å². The minimum absolute atomic E-state index is 0.0176. The molecule has 1 saturated carbocycles. The van der Waals surface area contributed by atoms with Crippen LogP contribution in [0, 0.1) is 18.3 Å². The van der Waals surface area contributed by atoms with E-state index >= 15 is 0 Å². The number of aliphatic hydroxyl groups excluding tert-OH is 2. The van der Waals surface area contributed by atoms with Gasteiger partial charge in [-0.2, -0.15) is 0 Å². The zero-order valence-corrected chi connectivity index (χ0v) is 12.4. The lowest BCUT2D eigenvalue weighted by molar-refractivity contribution is -0.123. The number of nitrogens with one attached hydrogen (secondary N) is 3. The zero-order chi connectivity index (χ0) is 16.3. The number of amides is 1. The Labute approximate surface area is 126 Å². The number of carbonyl (C=O) groups is 1. The van der Waals surface area contributed by atoms with E-state index in [0.717, 1.165) is 12.8 Å². The lowest BCUT2D eigenvalue weighted by Crippen LogP contribution is -2.52. The van der Waals surface area contributed by atoms with Crippen LogP contribution in [-0.2, 0) is 11.2 Å². The maximum absolute atomic E-state index is 12.0. The van der Waals surface area contributed by atoms with E-state index in [9.17, 15) is 24.6 Å². The number of hydrogen-bond donors (Lipinski definition) is 5. The van der Waals surface area contributed by atoms with E-state index in [2.05, 4.69) is 15.3 Å². The molecule has 0 saturated heterocycles. The fourth-order valence-corrected chi connectivity index (χ4v) is 2.87. The van der Waals surface area contributed by atoms with Gasteiger partial charge in [0.2, 0.25) is 5.91 Å². The predicted molar refractivity (Wildman–Crippen MR) is 78.5 cm³/mol. The van der Waals surface area contributed by atoms with E-state index < -0.39 is 16.7 Å². The third kappa shape index (κ3) is 3.12. The number of aliphatic hydroxyl groups is 2. The van der Waals surface area contributed by atoms with Crippen molar-refractivity contribution in [3.63, 3.8) is 0 Å². The first-order valence-electron chi connectivity index (χ1n) is 7.22. The third-order valence-electron chi connectivity index (χ3n) is 4.62. The lowest BCUT2D eigenvalue weighted by Gasteiger charge is -2.47. The van der Waals surface area contributed by atoms with Crippen LogP contribution in [0.5, 0.6) is 0 Å². The molecular weight excluding hydrogens is 290 g/mol. The topological polar surface area (TPSA) is 135 Å². The van der Waals surface area contributed by atoms with E-state index in [1.807, 2.05) is 0 Å². The number of rotatable bonds is 6. The van der Waals surface area contributed by atoms with Gasteiger partial charge in [-0.05, 0) is 25.7 Å². The molecule has 1 aliphatic carbocycles. The van der Waals surface area contributed by atoms with Gasteiger partial charge in [0.25, 0.3) is 5.56 Å². The van der Waals surface area contributed by atoms with Gasteiger partial charge in [0.1, 0.15) is 0 Å². The summed E-state index contributed by atoms with van der Waals surface area (Å²) in [5.41, 5.74) is -1.09. The average Bonchev–Trinajstić information content (AvgIpc) is 2.43. The molecule has 1 fully saturated rings. The number of aryl methyl sites for hydroxylation is 1. The van der Waals surface area contributed by atoms with Crippen molar-refractivity contribution < 1.29 is 15.0 Å². The quantitative estimate of drug-likeness (QED) is 0.432. The Balaban J connectivity index is 2.00. The molecule has 1 amide bonds. The molecule has 1 heterocycles. The Morgan fingerprint density at radius 3 is 2.59 bits per heavy atom. The SMILES string of the molecule is Cc1[nH]c(=O)[nH]c(=O)c1CC(=O)NCC1(CO)CCC1CO. The van der Waals surface area contributed by atoms with Crippen molar-refractivity contribution in [1.82, 2.24) is 15.3 Å². The first kappa shape index (κ1) is 16.4. The standard InChI is InChI=1S/C14H21N3O5/c1-8-10(12(21)17-13(22)16-8)4-11(20)15-6-14(7-19)3-2-9(14)5-18/h9,18-19H,2-7H2,1H3,(H,15,20)(H2,16,17,21,22). The van der Waals surface area contributed by atoms with Crippen molar-refractivity contribution in [3.05, 3.63) is 32.1 Å². The second kappa shape index (κ2) is 6.45. The van der Waals surface area contributed by atoms with Gasteiger partial charge >= 0.3 is 5.69 Å². The normalized spacial score (nSPS) is 23.9. The van der Waals surface area contributed by atoms with Gasteiger partial charge in [0, 0.05) is 29.8 Å². The van der Waals surface area contributed by atoms with Gasteiger partial charge in [0.05, 0.1) is 13.0 Å². The summed E-state index contributed by atoms with van der Waals surface area (Å²) < 4.78 is 0. The molecule has 8 nitrogen and oxygen atoms in total. The van der Waals surface area contributed by atoms with Crippen molar-refractivity contribution in [2.45, 2.75) is 26.2 Å². The maximum atomic E-state index is 12.0. The van der Waals surface area contributed by atoms with Crippen molar-refractivity contribution in [3.8, 4) is 0 Å². The minimum Gasteiger partial charge on any atom is -0.396 e. The fraction of sp³-hybridized carbons (Fsp3) is 0.643. The molecule has 2 unspecified atom stereocenters. The molecule has 122 valence electrons. The van der Waals surface area contributed by atoms with E-state index in [0.29, 0.717) is 5.69 Å². The number of aromatic amines is 2. The molecule has 2 rings (SSSR count). The zero-order valence-electron chi connectivity index (χ0n) is 12.4. The number of carbonyl (C=O) groups excluding carboxylic acids is 1. The summed E-state index contributed by atoms with van der Waals surface area (Å²) in [5.74, 6) is -0.381. The molecule has 0 aromatic carbocycles. The molecular formula is C14H21N3O5. The highest BCUT2D eigenvalue weighted by atomic mass is 16.3. The van der Waals surface area contributed by atoms with Gasteiger partial charge < -0.3 is 20.5 Å². The minimum atomic E-state index is -0.605.